The fourth-order valence-corrected chi connectivity index (χ4v) is 3.45. The van der Waals surface area contributed by atoms with Crippen LogP contribution in [0.1, 0.15) is 0 Å². The van der Waals surface area contributed by atoms with Gasteiger partial charge in [0.1, 0.15) is 0 Å². The Labute approximate surface area is 148 Å². The fraction of sp³-hybridized carbons (Fsp3) is 0.118. The lowest BCUT2D eigenvalue weighted by Crippen LogP contribution is -2.29. The van der Waals surface area contributed by atoms with Gasteiger partial charge in [-0.05, 0) is 42.5 Å². The van der Waals surface area contributed by atoms with Crippen LogP contribution >= 0.6 is 12.2 Å². The highest BCUT2D eigenvalue weighted by Gasteiger charge is 2.21. The Balaban J connectivity index is 2.23. The molecule has 0 aliphatic carbocycles. The Bertz CT molecular complexity index is 821. The number of para-hydroxylation sites is 1. The number of nitrogens with one attached hydrogen (secondary N) is 2. The average molecular weight is 361 g/mol. The molecule has 126 valence electrons. The fourth-order valence-electron chi connectivity index (χ4n) is 2.01. The minimum Gasteiger partial charge on any atom is -0.359 e. The van der Waals surface area contributed by atoms with Crippen molar-refractivity contribution in [2.75, 3.05) is 23.2 Å². The number of anilines is 2. The van der Waals surface area contributed by atoms with Gasteiger partial charge in [-0.3, -0.25) is 4.31 Å². The third kappa shape index (κ3) is 4.33. The van der Waals surface area contributed by atoms with Crippen LogP contribution in [0.25, 0.3) is 0 Å². The zero-order valence-corrected chi connectivity index (χ0v) is 14.9. The van der Waals surface area contributed by atoms with Gasteiger partial charge in [0.2, 0.25) is 0 Å². The molecule has 0 saturated heterocycles. The summed E-state index contributed by atoms with van der Waals surface area (Å²) in [5, 5.41) is 6.29. The molecule has 5 nitrogen and oxygen atoms in total. The molecule has 7 heteroatoms. The van der Waals surface area contributed by atoms with E-state index in [1.54, 1.807) is 54.6 Å². The molecule has 0 aliphatic rings. The molecule has 2 aromatic carbocycles. The van der Waals surface area contributed by atoms with E-state index in [1.807, 2.05) is 6.07 Å². The summed E-state index contributed by atoms with van der Waals surface area (Å²) in [6.07, 6.45) is 1.68. The van der Waals surface area contributed by atoms with Crippen LogP contribution in [-0.2, 0) is 10.0 Å². The van der Waals surface area contributed by atoms with Crippen molar-refractivity contribution < 1.29 is 8.42 Å². The molecular weight excluding hydrogens is 342 g/mol. The first-order valence-electron chi connectivity index (χ1n) is 7.25. The van der Waals surface area contributed by atoms with E-state index in [9.17, 15) is 8.42 Å². The Morgan fingerprint density at radius 2 is 1.92 bits per heavy atom. The molecule has 2 N–H and O–H groups in total. The number of hydrogen-bond acceptors (Lipinski definition) is 3. The first-order valence-corrected chi connectivity index (χ1v) is 9.10. The van der Waals surface area contributed by atoms with E-state index >= 15 is 0 Å². The zero-order valence-electron chi connectivity index (χ0n) is 13.3. The maximum absolute atomic E-state index is 12.8. The third-order valence-corrected chi connectivity index (χ3v) is 5.31. The molecule has 2 aromatic rings. The Morgan fingerprint density at radius 3 is 2.58 bits per heavy atom. The molecule has 0 amide bonds. The van der Waals surface area contributed by atoms with Gasteiger partial charge in [0.05, 0.1) is 10.6 Å². The van der Waals surface area contributed by atoms with Crippen molar-refractivity contribution in [1.82, 2.24) is 5.32 Å². The van der Waals surface area contributed by atoms with Gasteiger partial charge in [0, 0.05) is 19.3 Å². The summed E-state index contributed by atoms with van der Waals surface area (Å²) in [6.45, 7) is 4.13. The molecule has 0 aromatic heterocycles. The molecule has 2 rings (SSSR count). The highest BCUT2D eigenvalue weighted by molar-refractivity contribution is 7.92. The lowest BCUT2D eigenvalue weighted by Gasteiger charge is -2.20. The zero-order chi connectivity index (χ0) is 17.6. The van der Waals surface area contributed by atoms with Crippen LogP contribution in [0.4, 0.5) is 11.4 Å². The average Bonchev–Trinajstić information content (AvgIpc) is 2.60. The van der Waals surface area contributed by atoms with Crippen molar-refractivity contribution in [3.63, 3.8) is 0 Å². The molecule has 0 atom stereocenters. The van der Waals surface area contributed by atoms with Crippen molar-refractivity contribution in [2.45, 2.75) is 4.90 Å². The summed E-state index contributed by atoms with van der Waals surface area (Å²) in [4.78, 5) is 0.186. The quantitative estimate of drug-likeness (QED) is 0.612. The summed E-state index contributed by atoms with van der Waals surface area (Å²) in [5.74, 6) is 0. The highest BCUT2D eigenvalue weighted by Crippen LogP contribution is 2.23. The number of rotatable bonds is 6. The molecule has 0 unspecified atom stereocenters. The number of hydrogen-bond donors (Lipinski definition) is 2. The lowest BCUT2D eigenvalue weighted by atomic mass is 10.3. The van der Waals surface area contributed by atoms with E-state index in [0.717, 1.165) is 0 Å². The normalized spacial score (nSPS) is 10.7. The van der Waals surface area contributed by atoms with Crippen LogP contribution in [0.2, 0.25) is 0 Å². The first-order chi connectivity index (χ1) is 11.4. The van der Waals surface area contributed by atoms with E-state index in [0.29, 0.717) is 23.0 Å². The van der Waals surface area contributed by atoms with Crippen LogP contribution < -0.4 is 14.9 Å². The number of thiocarbonyl (C=S) groups is 1. The van der Waals surface area contributed by atoms with E-state index in [1.165, 1.54) is 11.4 Å². The Kier molecular flexibility index (Phi) is 5.94. The largest absolute Gasteiger partial charge is 0.359 e. The molecule has 0 spiro atoms. The van der Waals surface area contributed by atoms with Crippen molar-refractivity contribution in [3.8, 4) is 0 Å². The van der Waals surface area contributed by atoms with Gasteiger partial charge in [0.15, 0.2) is 5.11 Å². The molecule has 24 heavy (non-hydrogen) atoms. The van der Waals surface area contributed by atoms with Crippen LogP contribution in [0, 0.1) is 0 Å². The SMILES string of the molecule is C=CCNC(=S)Nc1cccc(S(=O)(=O)N(C)c2ccccc2)c1. The maximum atomic E-state index is 12.8. The van der Waals surface area contributed by atoms with Gasteiger partial charge in [-0.1, -0.05) is 30.3 Å². The second kappa shape index (κ2) is 7.94. The van der Waals surface area contributed by atoms with E-state index < -0.39 is 10.0 Å². The van der Waals surface area contributed by atoms with Gasteiger partial charge in [-0.15, -0.1) is 6.58 Å². The maximum Gasteiger partial charge on any atom is 0.264 e. The van der Waals surface area contributed by atoms with Crippen LogP contribution in [0.15, 0.2) is 72.1 Å². The van der Waals surface area contributed by atoms with Crippen LogP contribution in [0.5, 0.6) is 0 Å². The topological polar surface area (TPSA) is 61.4 Å². The van der Waals surface area contributed by atoms with Crippen molar-refractivity contribution in [1.29, 1.82) is 0 Å². The molecule has 0 saturated carbocycles. The second-order valence-electron chi connectivity index (χ2n) is 4.96. The number of sulfonamides is 1. The summed E-state index contributed by atoms with van der Waals surface area (Å²) in [5.41, 5.74) is 1.19. The first kappa shape index (κ1) is 18.0. The van der Waals surface area contributed by atoms with Crippen molar-refractivity contribution >= 4 is 38.7 Å². The second-order valence-corrected chi connectivity index (χ2v) is 7.34. The van der Waals surface area contributed by atoms with Crippen molar-refractivity contribution in [3.05, 3.63) is 67.3 Å². The third-order valence-electron chi connectivity index (χ3n) is 3.28. The summed E-state index contributed by atoms with van der Waals surface area (Å²) >= 11 is 5.14. The highest BCUT2D eigenvalue weighted by atomic mass is 32.2. The summed E-state index contributed by atoms with van der Waals surface area (Å²) < 4.78 is 26.8. The molecule has 0 fully saturated rings. The molecule has 0 radical (unpaired) electrons. The minimum atomic E-state index is -3.65. The van der Waals surface area contributed by atoms with Crippen LogP contribution in [0.3, 0.4) is 0 Å². The molecule has 0 bridgehead atoms. The summed E-state index contributed by atoms with van der Waals surface area (Å²) in [7, 11) is -2.12. The van der Waals surface area contributed by atoms with Crippen molar-refractivity contribution in [2.24, 2.45) is 0 Å². The van der Waals surface area contributed by atoms with Gasteiger partial charge in [-0.25, -0.2) is 8.42 Å². The smallest absolute Gasteiger partial charge is 0.264 e. The van der Waals surface area contributed by atoms with Gasteiger partial charge in [0.25, 0.3) is 10.0 Å². The van der Waals surface area contributed by atoms with Gasteiger partial charge >= 0.3 is 0 Å². The Hall–Kier alpha value is -2.38. The van der Waals surface area contributed by atoms with E-state index in [4.69, 9.17) is 12.2 Å². The monoisotopic (exact) mass is 361 g/mol. The summed E-state index contributed by atoms with van der Waals surface area (Å²) in [6, 6.07) is 15.4. The lowest BCUT2D eigenvalue weighted by molar-refractivity contribution is 0.594. The predicted octanol–water partition coefficient (Wildman–Crippen LogP) is 2.98. The van der Waals surface area contributed by atoms with Gasteiger partial charge in [-0.2, -0.15) is 0 Å². The molecular formula is C17H19N3O2S2. The number of nitrogens with zero attached hydrogens (tertiary/aromatic N) is 1. The van der Waals surface area contributed by atoms with Crippen LogP contribution in [-0.4, -0.2) is 27.1 Å². The van der Waals surface area contributed by atoms with Gasteiger partial charge < -0.3 is 10.6 Å². The number of benzene rings is 2. The predicted molar refractivity (Wildman–Crippen MR) is 103 cm³/mol. The molecule has 0 heterocycles. The van der Waals surface area contributed by atoms with E-state index in [-0.39, 0.29) is 4.90 Å². The van der Waals surface area contributed by atoms with E-state index in [2.05, 4.69) is 17.2 Å². The standard InChI is InChI=1S/C17H19N3O2S2/c1-3-12-18-17(23)19-14-8-7-11-16(13-14)24(21,22)20(2)15-9-5-4-6-10-15/h3-11,13H,1,12H2,2H3,(H2,18,19,23). The Morgan fingerprint density at radius 1 is 1.21 bits per heavy atom. The minimum absolute atomic E-state index is 0.186. The molecule has 0 aliphatic heterocycles.